The van der Waals surface area contributed by atoms with Crippen LogP contribution in [0.4, 0.5) is 0 Å². The summed E-state index contributed by atoms with van der Waals surface area (Å²) in [5, 5.41) is 2.81. The highest BCUT2D eigenvalue weighted by molar-refractivity contribution is 9.10. The fraction of sp³-hybridized carbons (Fsp3) is 0.529. The van der Waals surface area contributed by atoms with Crippen LogP contribution in [0.2, 0.25) is 0 Å². The van der Waals surface area contributed by atoms with Crippen molar-refractivity contribution in [3.63, 3.8) is 0 Å². The third kappa shape index (κ3) is 4.83. The molecule has 1 aliphatic carbocycles. The molecule has 1 aromatic rings. The van der Waals surface area contributed by atoms with Crippen molar-refractivity contribution >= 4 is 27.7 Å². The van der Waals surface area contributed by atoms with Gasteiger partial charge in [0.25, 0.3) is 5.91 Å². The van der Waals surface area contributed by atoms with Crippen LogP contribution in [0.1, 0.15) is 48.9 Å². The van der Waals surface area contributed by atoms with Gasteiger partial charge in [-0.2, -0.15) is 0 Å². The Kier molecular flexibility index (Phi) is 6.43. The van der Waals surface area contributed by atoms with Crippen LogP contribution in [-0.2, 0) is 4.79 Å². The van der Waals surface area contributed by atoms with Gasteiger partial charge in [-0.3, -0.25) is 9.59 Å². The lowest BCUT2D eigenvalue weighted by Crippen LogP contribution is -2.39. The van der Waals surface area contributed by atoms with Gasteiger partial charge in [-0.1, -0.05) is 35.2 Å². The summed E-state index contributed by atoms with van der Waals surface area (Å²) in [6, 6.07) is 7.56. The number of rotatable bonds is 5. The lowest BCUT2D eigenvalue weighted by atomic mass is 9.94. The van der Waals surface area contributed by atoms with Gasteiger partial charge < -0.3 is 10.2 Å². The second-order valence-electron chi connectivity index (χ2n) is 5.81. The minimum atomic E-state index is -0.138. The van der Waals surface area contributed by atoms with Crippen molar-refractivity contribution in [1.29, 1.82) is 0 Å². The molecule has 0 aromatic heterocycles. The number of nitrogens with zero attached hydrogens (tertiary/aromatic N) is 1. The zero-order valence-electron chi connectivity index (χ0n) is 13.0. The van der Waals surface area contributed by atoms with Gasteiger partial charge in [-0.25, -0.2) is 0 Å². The van der Waals surface area contributed by atoms with Crippen molar-refractivity contribution in [3.8, 4) is 0 Å². The summed E-state index contributed by atoms with van der Waals surface area (Å²) >= 11 is 3.34. The molecule has 1 aliphatic rings. The van der Waals surface area contributed by atoms with Crippen LogP contribution < -0.4 is 5.32 Å². The van der Waals surface area contributed by atoms with E-state index in [0.29, 0.717) is 24.6 Å². The maximum Gasteiger partial charge on any atom is 0.251 e. The Morgan fingerprint density at radius 2 is 1.82 bits per heavy atom. The predicted molar refractivity (Wildman–Crippen MR) is 90.7 cm³/mol. The monoisotopic (exact) mass is 366 g/mol. The molecule has 22 heavy (non-hydrogen) atoms. The van der Waals surface area contributed by atoms with E-state index in [9.17, 15) is 9.59 Å². The van der Waals surface area contributed by atoms with Gasteiger partial charge in [0.1, 0.15) is 0 Å². The molecule has 4 nitrogen and oxygen atoms in total. The van der Waals surface area contributed by atoms with Gasteiger partial charge >= 0.3 is 0 Å². The van der Waals surface area contributed by atoms with E-state index >= 15 is 0 Å². The molecule has 1 aromatic carbocycles. The average molecular weight is 367 g/mol. The Morgan fingerprint density at radius 1 is 1.18 bits per heavy atom. The van der Waals surface area contributed by atoms with Crippen molar-refractivity contribution in [2.24, 2.45) is 0 Å². The fourth-order valence-corrected chi connectivity index (χ4v) is 3.10. The minimum absolute atomic E-state index is 0.114. The molecule has 2 amide bonds. The van der Waals surface area contributed by atoms with E-state index in [2.05, 4.69) is 21.2 Å². The Hall–Kier alpha value is -1.36. The molecular formula is C17H23BrN2O2. The Balaban J connectivity index is 1.74. The van der Waals surface area contributed by atoms with Gasteiger partial charge in [-0.15, -0.1) is 0 Å². The summed E-state index contributed by atoms with van der Waals surface area (Å²) in [6.45, 7) is 0.380. The molecule has 5 heteroatoms. The Morgan fingerprint density at radius 3 is 2.45 bits per heavy atom. The molecule has 1 fully saturated rings. The average Bonchev–Trinajstić information content (AvgIpc) is 2.55. The highest BCUT2D eigenvalue weighted by Gasteiger charge is 2.21. The lowest BCUT2D eigenvalue weighted by molar-refractivity contribution is -0.132. The Bertz CT molecular complexity index is 510. The highest BCUT2D eigenvalue weighted by Crippen LogP contribution is 2.21. The maximum absolute atomic E-state index is 12.2. The smallest absolute Gasteiger partial charge is 0.251 e. The molecule has 2 rings (SSSR count). The third-order valence-corrected chi connectivity index (χ3v) is 4.78. The first kappa shape index (κ1) is 17.0. The van der Waals surface area contributed by atoms with E-state index in [1.807, 2.05) is 24.1 Å². The Labute approximate surface area is 140 Å². The zero-order chi connectivity index (χ0) is 15.9. The molecule has 120 valence electrons. The van der Waals surface area contributed by atoms with E-state index in [0.717, 1.165) is 17.3 Å². The van der Waals surface area contributed by atoms with Gasteiger partial charge in [0, 0.05) is 36.1 Å². The molecule has 0 saturated heterocycles. The molecular weight excluding hydrogens is 344 g/mol. The summed E-state index contributed by atoms with van der Waals surface area (Å²) in [5.41, 5.74) is 0.608. The number of nitrogens with one attached hydrogen (secondary N) is 1. The van der Waals surface area contributed by atoms with E-state index < -0.39 is 0 Å². The quantitative estimate of drug-likeness (QED) is 0.868. The predicted octanol–water partition coefficient (Wildman–Crippen LogP) is 3.36. The van der Waals surface area contributed by atoms with Crippen LogP contribution in [0.25, 0.3) is 0 Å². The van der Waals surface area contributed by atoms with Crippen molar-refractivity contribution in [3.05, 3.63) is 34.3 Å². The maximum atomic E-state index is 12.2. The molecule has 0 atom stereocenters. The third-order valence-electron chi connectivity index (χ3n) is 4.25. The number of hydrogen-bond donors (Lipinski definition) is 1. The van der Waals surface area contributed by atoms with E-state index in [4.69, 9.17) is 0 Å². The van der Waals surface area contributed by atoms with Gasteiger partial charge in [-0.05, 0) is 37.1 Å². The van der Waals surface area contributed by atoms with Crippen LogP contribution in [0.15, 0.2) is 28.7 Å². The topological polar surface area (TPSA) is 49.4 Å². The van der Waals surface area contributed by atoms with Crippen LogP contribution >= 0.6 is 15.9 Å². The van der Waals surface area contributed by atoms with Crippen LogP contribution in [0, 0.1) is 0 Å². The lowest BCUT2D eigenvalue weighted by Gasteiger charge is -2.31. The molecule has 0 aliphatic heterocycles. The highest BCUT2D eigenvalue weighted by atomic mass is 79.9. The molecule has 1 saturated carbocycles. The first-order chi connectivity index (χ1) is 10.6. The van der Waals surface area contributed by atoms with Gasteiger partial charge in [0.15, 0.2) is 0 Å². The van der Waals surface area contributed by atoms with E-state index in [1.54, 1.807) is 12.1 Å². The number of halogens is 1. The summed E-state index contributed by atoms with van der Waals surface area (Å²) < 4.78 is 0.938. The van der Waals surface area contributed by atoms with Gasteiger partial charge in [0.05, 0.1) is 0 Å². The molecule has 0 unspecified atom stereocenters. The first-order valence-corrected chi connectivity index (χ1v) is 8.66. The summed E-state index contributed by atoms with van der Waals surface area (Å²) in [6.07, 6.45) is 6.27. The number of carbonyl (C=O) groups is 2. The second kappa shape index (κ2) is 8.32. The van der Waals surface area contributed by atoms with Crippen LogP contribution in [0.5, 0.6) is 0 Å². The number of benzene rings is 1. The minimum Gasteiger partial charge on any atom is -0.352 e. The summed E-state index contributed by atoms with van der Waals surface area (Å²) in [4.78, 5) is 26.0. The normalized spacial score (nSPS) is 15.4. The number of carbonyl (C=O) groups excluding carboxylic acids is 2. The summed E-state index contributed by atoms with van der Waals surface area (Å²) in [5.74, 6) is -0.0244. The van der Waals surface area contributed by atoms with Gasteiger partial charge in [0.2, 0.25) is 5.91 Å². The zero-order valence-corrected chi connectivity index (χ0v) is 14.6. The molecule has 1 N–H and O–H groups in total. The second-order valence-corrected chi connectivity index (χ2v) is 6.72. The van der Waals surface area contributed by atoms with Crippen LogP contribution in [-0.4, -0.2) is 36.3 Å². The van der Waals surface area contributed by atoms with Crippen molar-refractivity contribution < 1.29 is 9.59 Å². The molecule has 0 heterocycles. The summed E-state index contributed by atoms with van der Waals surface area (Å²) in [7, 11) is 1.88. The first-order valence-electron chi connectivity index (χ1n) is 7.87. The SMILES string of the molecule is CN(C(=O)CCNC(=O)c1ccc(Br)cc1)C1CCCCC1. The molecule has 0 bridgehead atoms. The standard InChI is InChI=1S/C17H23BrN2O2/c1-20(15-5-3-2-4-6-15)16(21)11-12-19-17(22)13-7-9-14(18)10-8-13/h7-10,15H,2-6,11-12H2,1H3,(H,19,22). The molecule has 0 spiro atoms. The van der Waals surface area contributed by atoms with Crippen molar-refractivity contribution in [2.75, 3.05) is 13.6 Å². The van der Waals surface area contributed by atoms with Crippen molar-refractivity contribution in [1.82, 2.24) is 10.2 Å². The largest absolute Gasteiger partial charge is 0.352 e. The van der Waals surface area contributed by atoms with Crippen molar-refractivity contribution in [2.45, 2.75) is 44.6 Å². The van der Waals surface area contributed by atoms with E-state index in [1.165, 1.54) is 19.3 Å². The molecule has 0 radical (unpaired) electrons. The fourth-order valence-electron chi connectivity index (χ4n) is 2.83. The van der Waals surface area contributed by atoms with Crippen LogP contribution in [0.3, 0.4) is 0 Å². The number of amides is 2. The van der Waals surface area contributed by atoms with E-state index in [-0.39, 0.29) is 11.8 Å². The number of hydrogen-bond acceptors (Lipinski definition) is 2.